The van der Waals surface area contributed by atoms with Gasteiger partial charge in [-0.1, -0.05) is 241 Å². The maximum Gasteiger partial charge on any atom is 0.306 e. The zero-order valence-electron chi connectivity index (χ0n) is 43.7. The highest BCUT2D eigenvalue weighted by Gasteiger charge is 2.17. The molecule has 0 saturated carbocycles. The number of carbonyl (C=O) groups excluding carboxylic acids is 2. The van der Waals surface area contributed by atoms with Crippen LogP contribution >= 0.6 is 0 Å². The first-order valence-corrected chi connectivity index (χ1v) is 28.1. The van der Waals surface area contributed by atoms with E-state index in [1.54, 1.807) is 0 Å². The molecule has 380 valence electrons. The van der Waals surface area contributed by atoms with Gasteiger partial charge in [0.25, 0.3) is 0 Å². The van der Waals surface area contributed by atoms with Crippen molar-refractivity contribution in [3.8, 4) is 0 Å². The summed E-state index contributed by atoms with van der Waals surface area (Å²) in [6.45, 7) is 7.66. The van der Waals surface area contributed by atoms with E-state index in [4.69, 9.17) is 14.2 Å². The van der Waals surface area contributed by atoms with Crippen LogP contribution in [0.2, 0.25) is 0 Å². The van der Waals surface area contributed by atoms with E-state index in [1.807, 2.05) is 0 Å². The molecule has 0 aromatic heterocycles. The normalized spacial score (nSPS) is 12.8. The van der Waals surface area contributed by atoms with Crippen molar-refractivity contribution in [3.63, 3.8) is 0 Å². The fourth-order valence-electron chi connectivity index (χ4n) is 7.74. The molecule has 0 unspecified atom stereocenters. The fraction of sp³-hybridized carbons (Fsp3) is 0.738. The summed E-state index contributed by atoms with van der Waals surface area (Å²) in [5.74, 6) is -0.444. The molecule has 0 aliphatic rings. The summed E-state index contributed by atoms with van der Waals surface area (Å²) in [6, 6.07) is 0. The average Bonchev–Trinajstić information content (AvgIpc) is 3.32. The lowest BCUT2D eigenvalue weighted by atomic mass is 10.0. The lowest BCUT2D eigenvalue weighted by Crippen LogP contribution is -2.30. The van der Waals surface area contributed by atoms with Crippen LogP contribution in [0.5, 0.6) is 0 Å². The Balaban J connectivity index is 4.36. The molecule has 5 nitrogen and oxygen atoms in total. The monoisotopic (exact) mass is 919 g/mol. The molecule has 0 aromatic rings. The van der Waals surface area contributed by atoms with Gasteiger partial charge in [-0.15, -0.1) is 0 Å². The third-order valence-corrected chi connectivity index (χ3v) is 11.9. The highest BCUT2D eigenvalue weighted by Crippen LogP contribution is 2.15. The van der Waals surface area contributed by atoms with Crippen molar-refractivity contribution in [1.29, 1.82) is 0 Å². The minimum atomic E-state index is -0.561. The minimum absolute atomic E-state index is 0.0621. The van der Waals surface area contributed by atoms with Gasteiger partial charge in [-0.05, 0) is 96.3 Å². The van der Waals surface area contributed by atoms with E-state index in [2.05, 4.69) is 106 Å². The Morgan fingerprint density at radius 1 is 0.348 bits per heavy atom. The zero-order chi connectivity index (χ0) is 47.7. The molecule has 0 fully saturated rings. The van der Waals surface area contributed by atoms with E-state index in [0.29, 0.717) is 19.4 Å². The van der Waals surface area contributed by atoms with E-state index in [0.717, 1.165) is 116 Å². The molecule has 66 heavy (non-hydrogen) atoms. The SMILES string of the molecule is CC/C=C\C/C=C\C/C=C\C/C=C\CCCCCCC(=O)OC[C@@H](COCCCCCCCCCCCCCCCCCC)OC(=O)CCCCCC/C=C\C/C=C\C/C=C\CCCCC. The number of carbonyl (C=O) groups is 2. The Morgan fingerprint density at radius 2 is 0.682 bits per heavy atom. The van der Waals surface area contributed by atoms with E-state index >= 15 is 0 Å². The Kier molecular flexibility index (Phi) is 53.9. The van der Waals surface area contributed by atoms with Crippen molar-refractivity contribution in [2.45, 2.75) is 271 Å². The number of ether oxygens (including phenoxy) is 3. The molecule has 0 rings (SSSR count). The van der Waals surface area contributed by atoms with Crippen molar-refractivity contribution >= 4 is 11.9 Å². The van der Waals surface area contributed by atoms with Gasteiger partial charge in [-0.25, -0.2) is 0 Å². The van der Waals surface area contributed by atoms with E-state index in [9.17, 15) is 9.59 Å². The van der Waals surface area contributed by atoms with Gasteiger partial charge in [0, 0.05) is 19.4 Å². The molecular weight excluding hydrogens is 813 g/mol. The summed E-state index contributed by atoms with van der Waals surface area (Å²) in [6.07, 6.45) is 74.5. The second-order valence-corrected chi connectivity index (χ2v) is 18.5. The third-order valence-electron chi connectivity index (χ3n) is 11.9. The molecule has 0 amide bonds. The molecule has 0 bridgehead atoms. The summed E-state index contributed by atoms with van der Waals surface area (Å²) in [7, 11) is 0. The third kappa shape index (κ3) is 53.7. The van der Waals surface area contributed by atoms with Gasteiger partial charge in [-0.3, -0.25) is 9.59 Å². The van der Waals surface area contributed by atoms with Crippen LogP contribution in [-0.4, -0.2) is 37.9 Å². The number of rotatable bonds is 51. The second-order valence-electron chi connectivity index (χ2n) is 18.5. The molecule has 0 N–H and O–H groups in total. The molecule has 0 saturated heterocycles. The van der Waals surface area contributed by atoms with Gasteiger partial charge in [-0.2, -0.15) is 0 Å². The summed E-state index contributed by atoms with van der Waals surface area (Å²) < 4.78 is 17.4. The summed E-state index contributed by atoms with van der Waals surface area (Å²) in [4.78, 5) is 25.5. The molecule has 0 aromatic carbocycles. The minimum Gasteiger partial charge on any atom is -0.462 e. The van der Waals surface area contributed by atoms with Gasteiger partial charge in [0.2, 0.25) is 0 Å². The van der Waals surface area contributed by atoms with Crippen molar-refractivity contribution in [2.24, 2.45) is 0 Å². The number of hydrogen-bond donors (Lipinski definition) is 0. The van der Waals surface area contributed by atoms with Crippen LogP contribution < -0.4 is 0 Å². The number of unbranched alkanes of at least 4 members (excludes halogenated alkanes) is 26. The van der Waals surface area contributed by atoms with Crippen LogP contribution in [0.15, 0.2) is 85.1 Å². The predicted octanol–water partition coefficient (Wildman–Crippen LogP) is 19.2. The first-order valence-electron chi connectivity index (χ1n) is 28.1. The van der Waals surface area contributed by atoms with E-state index in [-0.39, 0.29) is 25.2 Å². The van der Waals surface area contributed by atoms with E-state index in [1.165, 1.54) is 116 Å². The lowest BCUT2D eigenvalue weighted by Gasteiger charge is -2.18. The van der Waals surface area contributed by atoms with E-state index < -0.39 is 6.10 Å². The molecule has 0 heterocycles. The van der Waals surface area contributed by atoms with Crippen LogP contribution in [-0.2, 0) is 23.8 Å². The van der Waals surface area contributed by atoms with Crippen LogP contribution in [0.1, 0.15) is 265 Å². The van der Waals surface area contributed by atoms with Gasteiger partial charge in [0.1, 0.15) is 6.61 Å². The van der Waals surface area contributed by atoms with Crippen LogP contribution in [0.4, 0.5) is 0 Å². The van der Waals surface area contributed by atoms with Crippen LogP contribution in [0.3, 0.4) is 0 Å². The molecule has 0 aliphatic heterocycles. The first-order chi connectivity index (χ1) is 32.6. The smallest absolute Gasteiger partial charge is 0.306 e. The largest absolute Gasteiger partial charge is 0.462 e. The Hall–Kier alpha value is -2.92. The number of allylic oxidation sites excluding steroid dienone is 14. The maximum absolute atomic E-state index is 12.8. The van der Waals surface area contributed by atoms with Crippen LogP contribution in [0.25, 0.3) is 0 Å². The molecule has 0 radical (unpaired) electrons. The van der Waals surface area contributed by atoms with Gasteiger partial charge in [0.05, 0.1) is 6.61 Å². The lowest BCUT2D eigenvalue weighted by molar-refractivity contribution is -0.163. The molecule has 5 heteroatoms. The summed E-state index contributed by atoms with van der Waals surface area (Å²) >= 11 is 0. The Bertz CT molecular complexity index is 1220. The maximum atomic E-state index is 12.8. The molecule has 0 aliphatic carbocycles. The highest BCUT2D eigenvalue weighted by molar-refractivity contribution is 5.70. The molecule has 1 atom stereocenters. The first kappa shape index (κ1) is 63.1. The number of esters is 2. The zero-order valence-corrected chi connectivity index (χ0v) is 43.7. The standard InChI is InChI=1S/C61H106O5/c1-4-7-10-13-16-19-22-25-28-31-33-36-39-42-45-48-51-54-60(62)65-58-59(57-64-56-53-50-47-44-41-38-35-30-27-24-21-18-15-12-9-6-3)66-61(63)55-52-49-46-43-40-37-34-32-29-26-23-20-17-14-11-8-5-2/h7,10,16-17,19-20,25-26,28-29,33-34,36-37,59H,4-6,8-9,11-15,18,21-24,27,30-32,35,38-58H2,1-3H3/b10-7-,19-16-,20-17-,28-25-,29-26-,36-33-,37-34-/t59-/m1/s1. The van der Waals surface area contributed by atoms with Crippen molar-refractivity contribution in [2.75, 3.05) is 19.8 Å². The second kappa shape index (κ2) is 56.4. The van der Waals surface area contributed by atoms with Crippen molar-refractivity contribution in [1.82, 2.24) is 0 Å². The van der Waals surface area contributed by atoms with Gasteiger partial charge in [0.15, 0.2) is 6.10 Å². The number of hydrogen-bond acceptors (Lipinski definition) is 5. The topological polar surface area (TPSA) is 61.8 Å². The van der Waals surface area contributed by atoms with Crippen molar-refractivity contribution in [3.05, 3.63) is 85.1 Å². The Labute approximate surface area is 409 Å². The Morgan fingerprint density at radius 3 is 1.12 bits per heavy atom. The average molecular weight is 920 g/mol. The quantitative estimate of drug-likeness (QED) is 0.0346. The van der Waals surface area contributed by atoms with Crippen LogP contribution in [0, 0.1) is 0 Å². The predicted molar refractivity (Wildman–Crippen MR) is 288 cm³/mol. The molecular formula is C61H106O5. The summed E-state index contributed by atoms with van der Waals surface area (Å²) in [5.41, 5.74) is 0. The van der Waals surface area contributed by atoms with Crippen molar-refractivity contribution < 1.29 is 23.8 Å². The molecule has 0 spiro atoms. The fourth-order valence-corrected chi connectivity index (χ4v) is 7.74. The summed E-state index contributed by atoms with van der Waals surface area (Å²) in [5, 5.41) is 0. The van der Waals surface area contributed by atoms with Gasteiger partial charge < -0.3 is 14.2 Å². The van der Waals surface area contributed by atoms with Gasteiger partial charge >= 0.3 is 11.9 Å². The highest BCUT2D eigenvalue weighted by atomic mass is 16.6.